The molecule has 2 heterocycles. The summed E-state index contributed by atoms with van der Waals surface area (Å²) in [5, 5.41) is 6.97. The summed E-state index contributed by atoms with van der Waals surface area (Å²) in [5.74, 6) is 1.76. The topological polar surface area (TPSA) is 91.6 Å². The molecule has 10 heteroatoms. The van der Waals surface area contributed by atoms with E-state index in [-0.39, 0.29) is 36.1 Å². The number of halogens is 1. The molecule has 1 aromatic heterocycles. The summed E-state index contributed by atoms with van der Waals surface area (Å²) >= 11 is 0. The number of nitrogens with one attached hydrogen (secondary N) is 2. The van der Waals surface area contributed by atoms with Crippen LogP contribution in [0.4, 0.5) is 4.79 Å². The first kappa shape index (κ1) is 28.5. The highest BCUT2D eigenvalue weighted by atomic mass is 127. The highest BCUT2D eigenvalue weighted by Crippen LogP contribution is 2.11. The highest BCUT2D eigenvalue weighted by molar-refractivity contribution is 14.0. The maximum Gasteiger partial charge on any atom is 0.409 e. The van der Waals surface area contributed by atoms with E-state index >= 15 is 0 Å². The Labute approximate surface area is 209 Å². The number of guanidine groups is 1. The molecule has 0 aromatic carbocycles. The number of ether oxygens (including phenoxy) is 2. The minimum atomic E-state index is -0.220. The first-order valence-corrected chi connectivity index (χ1v) is 11.3. The lowest BCUT2D eigenvalue weighted by Crippen LogP contribution is -2.50. The first-order chi connectivity index (χ1) is 15.1. The molecule has 1 fully saturated rings. The number of likely N-dealkylation sites (tertiary alicyclic amines) is 1. The average molecular weight is 565 g/mol. The molecule has 32 heavy (non-hydrogen) atoms. The van der Waals surface area contributed by atoms with Crippen molar-refractivity contribution in [3.63, 3.8) is 0 Å². The largest absolute Gasteiger partial charge is 0.469 e. The highest BCUT2D eigenvalue weighted by Gasteiger charge is 2.24. The van der Waals surface area contributed by atoms with Crippen LogP contribution in [0.25, 0.3) is 0 Å². The zero-order valence-electron chi connectivity index (χ0n) is 19.7. The predicted octanol–water partition coefficient (Wildman–Crippen LogP) is 2.56. The van der Waals surface area contributed by atoms with Gasteiger partial charge < -0.3 is 34.3 Å². The number of furan rings is 1. The molecule has 1 aromatic rings. The lowest BCUT2D eigenvalue weighted by Gasteiger charge is -2.32. The van der Waals surface area contributed by atoms with Gasteiger partial charge in [0, 0.05) is 58.9 Å². The van der Waals surface area contributed by atoms with Crippen molar-refractivity contribution in [2.45, 2.75) is 38.6 Å². The Morgan fingerprint density at radius 3 is 2.78 bits per heavy atom. The second-order valence-corrected chi connectivity index (χ2v) is 7.74. The van der Waals surface area contributed by atoms with E-state index in [1.807, 2.05) is 19.1 Å². The third-order valence-electron chi connectivity index (χ3n) is 5.25. The van der Waals surface area contributed by atoms with E-state index in [9.17, 15) is 4.79 Å². The zero-order valence-corrected chi connectivity index (χ0v) is 22.0. The summed E-state index contributed by atoms with van der Waals surface area (Å²) in [6.45, 7) is 7.73. The van der Waals surface area contributed by atoms with E-state index in [1.165, 1.54) is 0 Å². The molecule has 0 saturated carbocycles. The van der Waals surface area contributed by atoms with Gasteiger partial charge in [-0.15, -0.1) is 24.0 Å². The zero-order chi connectivity index (χ0) is 22.3. The van der Waals surface area contributed by atoms with E-state index < -0.39 is 0 Å². The number of rotatable bonds is 12. The lowest BCUT2D eigenvalue weighted by atomic mass is 10.1. The van der Waals surface area contributed by atoms with Gasteiger partial charge in [-0.1, -0.05) is 0 Å². The van der Waals surface area contributed by atoms with Crippen LogP contribution < -0.4 is 10.6 Å². The van der Waals surface area contributed by atoms with Gasteiger partial charge in [-0.25, -0.2) is 4.79 Å². The van der Waals surface area contributed by atoms with E-state index in [4.69, 9.17) is 18.9 Å². The fraction of sp³-hybridized carbons (Fsp3) is 0.727. The van der Waals surface area contributed by atoms with Gasteiger partial charge in [-0.3, -0.25) is 4.99 Å². The molecule has 0 atom stereocenters. The molecule has 0 aliphatic carbocycles. The van der Waals surface area contributed by atoms with Crippen LogP contribution in [-0.4, -0.2) is 94.5 Å². The van der Waals surface area contributed by atoms with E-state index in [1.54, 1.807) is 18.3 Å². The number of likely N-dealkylation sites (N-methyl/N-ethyl adjacent to an activating group) is 1. The summed E-state index contributed by atoms with van der Waals surface area (Å²) in [4.78, 5) is 20.7. The number of carbonyl (C=O) groups is 1. The van der Waals surface area contributed by atoms with Crippen LogP contribution in [0, 0.1) is 0 Å². The van der Waals surface area contributed by atoms with Gasteiger partial charge in [0.1, 0.15) is 5.76 Å². The number of carbonyl (C=O) groups excluding carboxylic acids is 1. The molecule has 2 rings (SSSR count). The Bertz CT molecular complexity index is 636. The average Bonchev–Trinajstić information content (AvgIpc) is 3.28. The second kappa shape index (κ2) is 17.0. The van der Waals surface area contributed by atoms with Crippen LogP contribution in [0.1, 0.15) is 31.9 Å². The van der Waals surface area contributed by atoms with Crippen molar-refractivity contribution in [2.24, 2.45) is 4.99 Å². The number of aliphatic imine (C=N–C) groups is 1. The Morgan fingerprint density at radius 1 is 1.34 bits per heavy atom. The molecular formula is C22H40IN5O4. The van der Waals surface area contributed by atoms with Crippen LogP contribution in [0.3, 0.4) is 0 Å². The van der Waals surface area contributed by atoms with Gasteiger partial charge in [0.25, 0.3) is 0 Å². The predicted molar refractivity (Wildman–Crippen MR) is 137 cm³/mol. The molecule has 1 aliphatic rings. The number of methoxy groups -OCH3 is 1. The number of piperidine rings is 1. The number of nitrogens with zero attached hydrogens (tertiary/aromatic N) is 3. The molecule has 184 valence electrons. The molecule has 1 saturated heterocycles. The van der Waals surface area contributed by atoms with Crippen LogP contribution >= 0.6 is 24.0 Å². The van der Waals surface area contributed by atoms with Gasteiger partial charge in [-0.2, -0.15) is 0 Å². The molecule has 2 N–H and O–H groups in total. The van der Waals surface area contributed by atoms with Crippen molar-refractivity contribution >= 4 is 36.0 Å². The van der Waals surface area contributed by atoms with Gasteiger partial charge in [0.15, 0.2) is 5.96 Å². The van der Waals surface area contributed by atoms with Crippen molar-refractivity contribution in [2.75, 3.05) is 66.6 Å². The number of amides is 1. The molecule has 1 aliphatic heterocycles. The standard InChI is InChI=1S/C22H39N5O4.HI/c1-4-30-22(28)27-14-9-19(10-15-27)25-21(23-11-8-20-7-5-18-31-20)24-12-16-26(2)13-6-17-29-3;/h5,7,18-19H,4,6,8-17H2,1-3H3,(H2,23,24,25);1H. The van der Waals surface area contributed by atoms with Crippen molar-refractivity contribution in [3.8, 4) is 0 Å². The Balaban J connectivity index is 0.00000512. The van der Waals surface area contributed by atoms with E-state index in [2.05, 4.69) is 22.6 Å². The fourth-order valence-electron chi connectivity index (χ4n) is 3.45. The van der Waals surface area contributed by atoms with Gasteiger partial charge in [0.05, 0.1) is 19.4 Å². The van der Waals surface area contributed by atoms with Gasteiger partial charge in [0.2, 0.25) is 0 Å². The second-order valence-electron chi connectivity index (χ2n) is 7.74. The molecule has 0 spiro atoms. The van der Waals surface area contributed by atoms with Gasteiger partial charge in [-0.05, 0) is 45.4 Å². The van der Waals surface area contributed by atoms with Crippen molar-refractivity contribution in [3.05, 3.63) is 24.2 Å². The van der Waals surface area contributed by atoms with Crippen molar-refractivity contribution in [1.29, 1.82) is 0 Å². The minimum Gasteiger partial charge on any atom is -0.469 e. The Morgan fingerprint density at radius 2 is 2.12 bits per heavy atom. The molecule has 9 nitrogen and oxygen atoms in total. The van der Waals surface area contributed by atoms with E-state index in [0.29, 0.717) is 26.2 Å². The Hall–Kier alpha value is -1.53. The molecular weight excluding hydrogens is 525 g/mol. The summed E-state index contributed by atoms with van der Waals surface area (Å²) < 4.78 is 15.6. The summed E-state index contributed by atoms with van der Waals surface area (Å²) in [6.07, 6.45) is 5.03. The molecule has 1 amide bonds. The first-order valence-electron chi connectivity index (χ1n) is 11.3. The minimum absolute atomic E-state index is 0. The maximum absolute atomic E-state index is 11.9. The summed E-state index contributed by atoms with van der Waals surface area (Å²) in [7, 11) is 3.83. The normalized spacial score (nSPS) is 14.9. The van der Waals surface area contributed by atoms with Crippen LogP contribution in [0.15, 0.2) is 27.8 Å². The monoisotopic (exact) mass is 565 g/mol. The number of hydrogen-bond donors (Lipinski definition) is 2. The number of hydrogen-bond acceptors (Lipinski definition) is 6. The molecule has 0 radical (unpaired) electrons. The maximum atomic E-state index is 11.9. The SMILES string of the molecule is CCOC(=O)N1CCC(NC(=NCCN(C)CCCOC)NCCc2ccco2)CC1.I. The lowest BCUT2D eigenvalue weighted by molar-refractivity contribution is 0.0963. The quantitative estimate of drug-likeness (QED) is 0.174. The fourth-order valence-corrected chi connectivity index (χ4v) is 3.45. The van der Waals surface area contributed by atoms with Crippen LogP contribution in [-0.2, 0) is 15.9 Å². The third kappa shape index (κ3) is 11.4. The van der Waals surface area contributed by atoms with E-state index in [0.717, 1.165) is 63.6 Å². The van der Waals surface area contributed by atoms with Crippen LogP contribution in [0.2, 0.25) is 0 Å². The Kier molecular flexibility index (Phi) is 15.2. The molecule has 0 unspecified atom stereocenters. The van der Waals surface area contributed by atoms with Crippen molar-refractivity contribution in [1.82, 2.24) is 20.4 Å². The third-order valence-corrected chi connectivity index (χ3v) is 5.25. The summed E-state index contributed by atoms with van der Waals surface area (Å²) in [5.41, 5.74) is 0. The smallest absolute Gasteiger partial charge is 0.409 e. The summed E-state index contributed by atoms with van der Waals surface area (Å²) in [6, 6.07) is 4.16. The molecule has 0 bridgehead atoms. The van der Waals surface area contributed by atoms with Gasteiger partial charge >= 0.3 is 6.09 Å². The van der Waals surface area contributed by atoms with Crippen LogP contribution in [0.5, 0.6) is 0 Å². The van der Waals surface area contributed by atoms with Crippen molar-refractivity contribution < 1.29 is 18.7 Å².